The third kappa shape index (κ3) is 26.9. The minimum Gasteiger partial charge on any atom is -0.222 e. The molecular weight excluding hydrogens is 276 g/mol. The molecule has 0 aliphatic carbocycles. The lowest BCUT2D eigenvalue weighted by atomic mass is 9.82. The summed E-state index contributed by atoms with van der Waals surface area (Å²) in [6.07, 6.45) is 6.40. The van der Waals surface area contributed by atoms with E-state index < -0.39 is 0 Å². The van der Waals surface area contributed by atoms with Gasteiger partial charge in [-0.05, 0) is 24.2 Å². The first-order valence-electron chi connectivity index (χ1n) is 6.00. The third-order valence-corrected chi connectivity index (χ3v) is 2.27. The van der Waals surface area contributed by atoms with Crippen LogP contribution in [-0.2, 0) is 19.2 Å². The summed E-state index contributed by atoms with van der Waals surface area (Å²) in [5.41, 5.74) is 0.00171. The smallest absolute Gasteiger partial charge is 0.222 e. The maximum Gasteiger partial charge on any atom is 0.234 e. The van der Waals surface area contributed by atoms with Crippen molar-refractivity contribution in [3.05, 3.63) is 0 Å². The normalized spacial score (nSPS) is 9.67. The molecule has 1 unspecified atom stereocenters. The van der Waals surface area contributed by atoms with Crippen LogP contribution in [0.25, 0.3) is 0 Å². The fourth-order valence-corrected chi connectivity index (χ4v) is 1.69. The van der Waals surface area contributed by atoms with Crippen LogP contribution in [0.4, 0.5) is 0 Å². The van der Waals surface area contributed by atoms with Gasteiger partial charge in [-0.15, -0.1) is 0 Å². The summed E-state index contributed by atoms with van der Waals surface area (Å²) in [6.45, 7) is 7.25. The zero-order valence-electron chi connectivity index (χ0n) is 12.4. The SMILES string of the molecule is CC(CCN=C=O)CC(C)(C)CN=C=O.N=C=O.N=C=O. The van der Waals surface area contributed by atoms with E-state index in [1.54, 1.807) is 6.08 Å². The molecule has 0 aromatic heterocycles. The van der Waals surface area contributed by atoms with Gasteiger partial charge in [0.05, 0.1) is 13.1 Å². The first-order chi connectivity index (χ1) is 9.84. The summed E-state index contributed by atoms with van der Waals surface area (Å²) < 4.78 is 0. The standard InChI is InChI=1S/C11H18N2O2.2CHNO/c1-10(4-5-12-8-14)6-11(2,3)7-13-9-15;2*2-1-3/h10H,4-7H2,1-3H3;2*2H. The van der Waals surface area contributed by atoms with Crippen LogP contribution >= 0.6 is 0 Å². The highest BCUT2D eigenvalue weighted by Gasteiger charge is 2.20. The van der Waals surface area contributed by atoms with Gasteiger partial charge in [-0.2, -0.15) is 0 Å². The Morgan fingerprint density at radius 1 is 1.00 bits per heavy atom. The van der Waals surface area contributed by atoms with E-state index in [1.807, 2.05) is 0 Å². The fraction of sp³-hybridized carbons (Fsp3) is 0.692. The van der Waals surface area contributed by atoms with Gasteiger partial charge < -0.3 is 0 Å². The molecule has 0 rings (SSSR count). The number of hydrogen-bond acceptors (Lipinski definition) is 8. The van der Waals surface area contributed by atoms with Crippen molar-refractivity contribution >= 4 is 24.3 Å². The van der Waals surface area contributed by atoms with Gasteiger partial charge in [-0.1, -0.05) is 20.8 Å². The van der Waals surface area contributed by atoms with Crippen molar-refractivity contribution in [2.75, 3.05) is 13.1 Å². The number of carbonyl (C=O) groups excluding carboxylic acids is 4. The molecular formula is C13H20N4O4. The van der Waals surface area contributed by atoms with Crippen LogP contribution in [0.15, 0.2) is 9.98 Å². The van der Waals surface area contributed by atoms with Gasteiger partial charge in [0.15, 0.2) is 0 Å². The topological polar surface area (TPSA) is 141 Å². The molecule has 1 atom stereocenters. The predicted octanol–water partition coefficient (Wildman–Crippen LogP) is 1.90. The Labute approximate surface area is 123 Å². The summed E-state index contributed by atoms with van der Waals surface area (Å²) in [5.74, 6) is 0.457. The summed E-state index contributed by atoms with van der Waals surface area (Å²) >= 11 is 0. The van der Waals surface area contributed by atoms with Crippen molar-refractivity contribution in [3.63, 3.8) is 0 Å². The minimum absolute atomic E-state index is 0.00171. The van der Waals surface area contributed by atoms with Gasteiger partial charge in [0, 0.05) is 0 Å². The molecule has 2 N–H and O–H groups in total. The van der Waals surface area contributed by atoms with Crippen molar-refractivity contribution in [1.82, 2.24) is 0 Å². The first-order valence-corrected chi connectivity index (χ1v) is 6.00. The Kier molecular flexibility index (Phi) is 19.7. The molecule has 0 spiro atoms. The zero-order chi connectivity index (χ0) is 17.1. The summed E-state index contributed by atoms with van der Waals surface area (Å²) in [6, 6.07) is 0. The van der Waals surface area contributed by atoms with E-state index in [1.165, 1.54) is 6.08 Å². The van der Waals surface area contributed by atoms with E-state index >= 15 is 0 Å². The molecule has 0 fully saturated rings. The number of nitrogens with one attached hydrogen (secondary N) is 2. The van der Waals surface area contributed by atoms with Gasteiger partial charge >= 0.3 is 0 Å². The second-order valence-corrected chi connectivity index (χ2v) is 4.85. The van der Waals surface area contributed by atoms with Gasteiger partial charge in [-0.3, -0.25) is 0 Å². The van der Waals surface area contributed by atoms with Crippen molar-refractivity contribution in [2.45, 2.75) is 33.6 Å². The molecule has 0 heterocycles. The minimum atomic E-state index is 0.00171. The summed E-state index contributed by atoms with van der Waals surface area (Å²) in [4.78, 5) is 43.7. The largest absolute Gasteiger partial charge is 0.234 e. The van der Waals surface area contributed by atoms with Gasteiger partial charge in [0.2, 0.25) is 24.3 Å². The van der Waals surface area contributed by atoms with E-state index in [2.05, 4.69) is 30.8 Å². The van der Waals surface area contributed by atoms with Gasteiger partial charge in [0.25, 0.3) is 0 Å². The molecule has 0 aromatic carbocycles. The Balaban J connectivity index is -0.000000460. The lowest BCUT2D eigenvalue weighted by Gasteiger charge is -2.25. The molecule has 8 nitrogen and oxygen atoms in total. The summed E-state index contributed by atoms with van der Waals surface area (Å²) in [5, 5.41) is 10.8. The summed E-state index contributed by atoms with van der Waals surface area (Å²) in [7, 11) is 0. The molecule has 116 valence electrons. The van der Waals surface area contributed by atoms with Crippen LogP contribution in [0.2, 0.25) is 0 Å². The van der Waals surface area contributed by atoms with Crippen LogP contribution in [0.5, 0.6) is 0 Å². The maximum atomic E-state index is 10.00. The van der Waals surface area contributed by atoms with Crippen molar-refractivity contribution in [2.24, 2.45) is 21.3 Å². The van der Waals surface area contributed by atoms with Crippen molar-refractivity contribution < 1.29 is 19.2 Å². The second-order valence-electron chi connectivity index (χ2n) is 4.85. The average molecular weight is 296 g/mol. The van der Waals surface area contributed by atoms with Crippen molar-refractivity contribution in [3.8, 4) is 0 Å². The van der Waals surface area contributed by atoms with E-state index in [4.69, 9.17) is 20.4 Å². The quantitative estimate of drug-likeness (QED) is 0.546. The molecule has 0 aliphatic rings. The molecule has 0 radical (unpaired) electrons. The maximum absolute atomic E-state index is 10.00. The highest BCUT2D eigenvalue weighted by Crippen LogP contribution is 2.27. The average Bonchev–Trinajstić information content (AvgIpc) is 2.38. The number of isocyanates is 4. The molecule has 8 heteroatoms. The van der Waals surface area contributed by atoms with Crippen LogP contribution in [0.3, 0.4) is 0 Å². The predicted molar refractivity (Wildman–Crippen MR) is 75.0 cm³/mol. The Morgan fingerprint density at radius 2 is 1.43 bits per heavy atom. The number of aliphatic imine (C=N–C) groups is 2. The zero-order valence-corrected chi connectivity index (χ0v) is 12.4. The van der Waals surface area contributed by atoms with E-state index in [0.29, 0.717) is 19.0 Å². The van der Waals surface area contributed by atoms with Crippen LogP contribution in [0, 0.1) is 22.2 Å². The highest BCUT2D eigenvalue weighted by molar-refractivity contribution is 5.33. The Hall–Kier alpha value is -2.48. The Morgan fingerprint density at radius 3 is 1.81 bits per heavy atom. The van der Waals surface area contributed by atoms with E-state index in [-0.39, 0.29) is 5.41 Å². The highest BCUT2D eigenvalue weighted by atomic mass is 16.1. The van der Waals surface area contributed by atoms with E-state index in [0.717, 1.165) is 25.0 Å². The lowest BCUT2D eigenvalue weighted by Crippen LogP contribution is -2.19. The van der Waals surface area contributed by atoms with E-state index in [9.17, 15) is 9.59 Å². The van der Waals surface area contributed by atoms with Crippen LogP contribution in [-0.4, -0.2) is 37.4 Å². The molecule has 0 aromatic rings. The number of rotatable bonds is 7. The fourth-order valence-electron chi connectivity index (χ4n) is 1.69. The Bertz CT molecular complexity index is 411. The van der Waals surface area contributed by atoms with Gasteiger partial charge in [-0.25, -0.2) is 40.0 Å². The second kappa shape index (κ2) is 17.5. The molecule has 0 amide bonds. The van der Waals surface area contributed by atoms with Crippen LogP contribution < -0.4 is 0 Å². The molecule has 21 heavy (non-hydrogen) atoms. The van der Waals surface area contributed by atoms with Crippen molar-refractivity contribution in [1.29, 1.82) is 10.8 Å². The lowest BCUT2D eigenvalue weighted by molar-refractivity contribution is 0.280. The van der Waals surface area contributed by atoms with Gasteiger partial charge in [0.1, 0.15) is 0 Å². The molecule has 0 saturated heterocycles. The monoisotopic (exact) mass is 296 g/mol. The number of hydrogen-bond donors (Lipinski definition) is 2. The van der Waals surface area contributed by atoms with Crippen LogP contribution in [0.1, 0.15) is 33.6 Å². The third-order valence-electron chi connectivity index (χ3n) is 2.27. The first kappa shape index (κ1) is 23.6. The molecule has 0 aliphatic heterocycles. The molecule has 0 saturated carbocycles. The molecule has 0 bridgehead atoms. The number of nitrogens with zero attached hydrogens (tertiary/aromatic N) is 2.